The molecule has 0 saturated carbocycles. The van der Waals surface area contributed by atoms with Crippen molar-refractivity contribution in [2.24, 2.45) is 5.41 Å². The summed E-state index contributed by atoms with van der Waals surface area (Å²) in [6.45, 7) is 9.80. The summed E-state index contributed by atoms with van der Waals surface area (Å²) in [6.07, 6.45) is 1.74. The maximum Gasteiger partial charge on any atom is 0.318 e. The second-order valence-electron chi connectivity index (χ2n) is 8.42. The molecule has 154 valence electrons. The Morgan fingerprint density at radius 3 is 2.37 bits per heavy atom. The van der Waals surface area contributed by atoms with Crippen molar-refractivity contribution in [3.63, 3.8) is 0 Å². The fourth-order valence-electron chi connectivity index (χ4n) is 3.38. The fourth-order valence-corrected chi connectivity index (χ4v) is 3.38. The molecule has 0 aromatic heterocycles. The highest BCUT2D eigenvalue weighted by molar-refractivity contribution is 5.87. The molecule has 2 rings (SSSR count). The molecular weight excluding hydrogens is 370 g/mol. The van der Waals surface area contributed by atoms with Gasteiger partial charge in [-0.1, -0.05) is 20.8 Å². The van der Waals surface area contributed by atoms with Gasteiger partial charge < -0.3 is 38.0 Å². The average molecular weight is 402 g/mol. The molecule has 0 bridgehead atoms. The molecular formula is C18H32ClN5O3. The van der Waals surface area contributed by atoms with E-state index in [4.69, 9.17) is 4.74 Å². The summed E-state index contributed by atoms with van der Waals surface area (Å²) in [5, 5.41) is 17.6. The SMILES string of the molecule is CC(C)(C)C[C@H](NC(=O)N1CCOCC1)C(=O)NC1(C#N)CC[NH2+]CC1.[Cl-]. The van der Waals surface area contributed by atoms with Crippen LogP contribution in [0.25, 0.3) is 0 Å². The molecule has 2 saturated heterocycles. The van der Waals surface area contributed by atoms with Gasteiger partial charge in [-0.2, -0.15) is 5.26 Å². The Morgan fingerprint density at radius 2 is 1.85 bits per heavy atom. The number of urea groups is 1. The number of piperidine rings is 1. The predicted octanol–water partition coefficient (Wildman–Crippen LogP) is -3.43. The first-order valence-electron chi connectivity index (χ1n) is 9.43. The summed E-state index contributed by atoms with van der Waals surface area (Å²) >= 11 is 0. The van der Waals surface area contributed by atoms with Crippen LogP contribution < -0.4 is 28.4 Å². The molecule has 0 aromatic rings. The van der Waals surface area contributed by atoms with E-state index in [9.17, 15) is 14.9 Å². The van der Waals surface area contributed by atoms with Crippen molar-refractivity contribution < 1.29 is 32.0 Å². The molecule has 3 amide bonds. The first-order valence-corrected chi connectivity index (χ1v) is 9.43. The van der Waals surface area contributed by atoms with E-state index in [1.807, 2.05) is 20.8 Å². The van der Waals surface area contributed by atoms with Gasteiger partial charge in [0.1, 0.15) is 11.6 Å². The lowest BCUT2D eigenvalue weighted by atomic mass is 9.86. The highest BCUT2D eigenvalue weighted by Gasteiger charge is 2.38. The maximum atomic E-state index is 12.9. The van der Waals surface area contributed by atoms with Gasteiger partial charge in [0.25, 0.3) is 0 Å². The van der Waals surface area contributed by atoms with Crippen LogP contribution in [0.4, 0.5) is 4.79 Å². The van der Waals surface area contributed by atoms with Crippen molar-refractivity contribution in [2.45, 2.75) is 51.6 Å². The van der Waals surface area contributed by atoms with Gasteiger partial charge in [-0.05, 0) is 11.8 Å². The summed E-state index contributed by atoms with van der Waals surface area (Å²) in [5.41, 5.74) is -0.966. The molecule has 0 aromatic carbocycles. The van der Waals surface area contributed by atoms with E-state index in [1.165, 1.54) is 0 Å². The van der Waals surface area contributed by atoms with Gasteiger partial charge in [-0.15, -0.1) is 0 Å². The number of hydrogen-bond donors (Lipinski definition) is 3. The standard InChI is InChI=1S/C18H31N5O3.ClH/c1-17(2,3)12-14(21-16(25)23-8-10-26-11-9-23)15(24)22-18(13-19)4-6-20-7-5-18;/h14,20H,4-12H2,1-3H3,(H,21,25)(H,22,24);1H/t14-;/m0./s1. The molecule has 27 heavy (non-hydrogen) atoms. The second-order valence-corrected chi connectivity index (χ2v) is 8.42. The number of amides is 3. The Morgan fingerprint density at radius 1 is 1.26 bits per heavy atom. The van der Waals surface area contributed by atoms with Gasteiger partial charge >= 0.3 is 6.03 Å². The third-order valence-corrected chi connectivity index (χ3v) is 4.86. The number of ether oxygens (including phenoxy) is 1. The number of nitrogens with two attached hydrogens (primary N) is 1. The summed E-state index contributed by atoms with van der Waals surface area (Å²) in [4.78, 5) is 27.2. The van der Waals surface area contributed by atoms with Crippen molar-refractivity contribution in [3.05, 3.63) is 0 Å². The van der Waals surface area contributed by atoms with E-state index in [-0.39, 0.29) is 29.8 Å². The molecule has 0 radical (unpaired) electrons. The summed E-state index contributed by atoms with van der Waals surface area (Å²) in [5.74, 6) is -0.273. The molecule has 2 aliphatic rings. The zero-order chi connectivity index (χ0) is 19.2. The summed E-state index contributed by atoms with van der Waals surface area (Å²) < 4.78 is 5.27. The van der Waals surface area contributed by atoms with Crippen LogP contribution >= 0.6 is 0 Å². The number of carbonyl (C=O) groups excluding carboxylic acids is 2. The number of nitriles is 1. The van der Waals surface area contributed by atoms with E-state index >= 15 is 0 Å². The summed E-state index contributed by atoms with van der Waals surface area (Å²) in [6, 6.07) is 1.38. The van der Waals surface area contributed by atoms with Gasteiger partial charge in [0.15, 0.2) is 0 Å². The van der Waals surface area contributed by atoms with E-state index < -0.39 is 11.6 Å². The van der Waals surface area contributed by atoms with Crippen molar-refractivity contribution >= 4 is 11.9 Å². The molecule has 0 unspecified atom stereocenters. The number of morpholine rings is 1. The van der Waals surface area contributed by atoms with Crippen LogP contribution in [-0.2, 0) is 9.53 Å². The maximum absolute atomic E-state index is 12.9. The molecule has 0 spiro atoms. The molecule has 2 heterocycles. The van der Waals surface area contributed by atoms with Gasteiger partial charge in [-0.3, -0.25) is 4.79 Å². The first-order chi connectivity index (χ1) is 12.2. The number of nitrogens with zero attached hydrogens (tertiary/aromatic N) is 2. The van der Waals surface area contributed by atoms with Crippen molar-refractivity contribution in [1.29, 1.82) is 5.26 Å². The van der Waals surface area contributed by atoms with Gasteiger partial charge in [0, 0.05) is 25.9 Å². The average Bonchev–Trinajstić information content (AvgIpc) is 2.61. The van der Waals surface area contributed by atoms with Crippen molar-refractivity contribution in [1.82, 2.24) is 15.5 Å². The molecule has 9 heteroatoms. The molecule has 1 atom stereocenters. The van der Waals surface area contributed by atoms with Crippen LogP contribution in [0.1, 0.15) is 40.0 Å². The van der Waals surface area contributed by atoms with E-state index in [0.717, 1.165) is 13.1 Å². The number of quaternary nitrogens is 1. The van der Waals surface area contributed by atoms with Gasteiger partial charge in [0.2, 0.25) is 5.91 Å². The minimum Gasteiger partial charge on any atom is -1.00 e. The molecule has 0 aliphatic carbocycles. The summed E-state index contributed by atoms with van der Waals surface area (Å²) in [7, 11) is 0. The minimum atomic E-state index is -0.828. The third-order valence-electron chi connectivity index (χ3n) is 4.86. The lowest BCUT2D eigenvalue weighted by molar-refractivity contribution is -0.664. The Kier molecular flexibility index (Phi) is 8.79. The third kappa shape index (κ3) is 7.17. The second kappa shape index (κ2) is 10.1. The Balaban J connectivity index is 0.00000364. The number of nitrogens with one attached hydrogen (secondary N) is 2. The Labute approximate surface area is 167 Å². The monoisotopic (exact) mass is 401 g/mol. The number of hydrogen-bond acceptors (Lipinski definition) is 4. The van der Waals surface area contributed by atoms with Gasteiger partial charge in [-0.25, -0.2) is 4.79 Å². The largest absolute Gasteiger partial charge is 1.00 e. The van der Waals surface area contributed by atoms with Crippen LogP contribution in [0.5, 0.6) is 0 Å². The quantitative estimate of drug-likeness (QED) is 0.455. The number of halogens is 1. The van der Waals surface area contributed by atoms with E-state index in [1.54, 1.807) is 4.90 Å². The van der Waals surface area contributed by atoms with Gasteiger partial charge in [0.05, 0.1) is 32.4 Å². The number of carbonyl (C=O) groups is 2. The Hall–Kier alpha value is -1.56. The molecule has 8 nitrogen and oxygen atoms in total. The zero-order valence-corrected chi connectivity index (χ0v) is 17.3. The topological polar surface area (TPSA) is 111 Å². The molecule has 2 fully saturated rings. The number of rotatable bonds is 4. The highest BCUT2D eigenvalue weighted by Crippen LogP contribution is 2.22. The van der Waals surface area contributed by atoms with Crippen LogP contribution in [0.3, 0.4) is 0 Å². The van der Waals surface area contributed by atoms with Crippen molar-refractivity contribution in [2.75, 3.05) is 39.4 Å². The van der Waals surface area contributed by atoms with Crippen molar-refractivity contribution in [3.8, 4) is 6.07 Å². The Bertz CT molecular complexity index is 546. The van der Waals surface area contributed by atoms with Crippen LogP contribution in [0.15, 0.2) is 0 Å². The normalized spacial score (nSPS) is 20.6. The fraction of sp³-hybridized carbons (Fsp3) is 0.833. The lowest BCUT2D eigenvalue weighted by Gasteiger charge is -2.34. The van der Waals surface area contributed by atoms with E-state index in [0.29, 0.717) is 45.6 Å². The van der Waals surface area contributed by atoms with Crippen LogP contribution in [0.2, 0.25) is 0 Å². The van der Waals surface area contributed by atoms with E-state index in [2.05, 4.69) is 22.0 Å². The predicted molar refractivity (Wildman–Crippen MR) is 96.2 cm³/mol. The molecule has 2 aliphatic heterocycles. The van der Waals surface area contributed by atoms with Crippen LogP contribution in [-0.4, -0.2) is 67.8 Å². The minimum absolute atomic E-state index is 0. The lowest BCUT2D eigenvalue weighted by Crippen LogP contribution is -3.00. The highest BCUT2D eigenvalue weighted by atomic mass is 35.5. The zero-order valence-electron chi connectivity index (χ0n) is 16.5. The first kappa shape index (κ1) is 23.5. The van der Waals surface area contributed by atoms with Crippen LogP contribution in [0, 0.1) is 16.7 Å². The molecule has 4 N–H and O–H groups in total. The smallest absolute Gasteiger partial charge is 0.318 e.